The molecule has 0 N–H and O–H groups in total. The lowest BCUT2D eigenvalue weighted by Crippen LogP contribution is -2.47. The van der Waals surface area contributed by atoms with Crippen molar-refractivity contribution in [3.05, 3.63) is 47.7 Å². The molecule has 0 unspecified atom stereocenters. The molecule has 25 heavy (non-hydrogen) atoms. The SMILES string of the molecule is Cc1ccc2c(c1-c1cccc[n+]1C)OC1(CCCCC1)CC2(C)C. The van der Waals surface area contributed by atoms with Gasteiger partial charge in [-0.25, -0.2) is 4.57 Å². The van der Waals surface area contributed by atoms with Gasteiger partial charge in [-0.1, -0.05) is 32.4 Å². The monoisotopic (exact) mass is 336 g/mol. The van der Waals surface area contributed by atoms with Crippen LogP contribution in [0.4, 0.5) is 0 Å². The minimum atomic E-state index is 0.0324. The summed E-state index contributed by atoms with van der Waals surface area (Å²) in [4.78, 5) is 0. The number of hydrogen-bond acceptors (Lipinski definition) is 1. The summed E-state index contributed by atoms with van der Waals surface area (Å²) >= 11 is 0. The van der Waals surface area contributed by atoms with Crippen LogP contribution in [-0.4, -0.2) is 5.60 Å². The van der Waals surface area contributed by atoms with E-state index in [0.717, 1.165) is 12.2 Å². The summed E-state index contributed by atoms with van der Waals surface area (Å²) < 4.78 is 9.11. The number of nitrogens with zero attached hydrogens (tertiary/aromatic N) is 1. The molecule has 1 fully saturated rings. The number of fused-ring (bicyclic) bond motifs is 1. The van der Waals surface area contributed by atoms with Gasteiger partial charge in [-0.15, -0.1) is 0 Å². The van der Waals surface area contributed by atoms with Crippen molar-refractivity contribution in [3.63, 3.8) is 0 Å². The highest BCUT2D eigenvalue weighted by molar-refractivity contribution is 5.72. The van der Waals surface area contributed by atoms with E-state index in [0.29, 0.717) is 0 Å². The zero-order valence-electron chi connectivity index (χ0n) is 16.1. The van der Waals surface area contributed by atoms with Gasteiger partial charge in [0.05, 0.1) is 5.56 Å². The Hall–Kier alpha value is -1.83. The molecule has 2 aliphatic rings. The van der Waals surface area contributed by atoms with Crippen molar-refractivity contribution < 1.29 is 9.30 Å². The number of hydrogen-bond donors (Lipinski definition) is 0. The Labute approximate surface area is 151 Å². The predicted octanol–water partition coefficient (Wildman–Crippen LogP) is 5.25. The third kappa shape index (κ3) is 2.76. The molecule has 1 aromatic heterocycles. The molecule has 1 aromatic carbocycles. The maximum absolute atomic E-state index is 6.90. The van der Waals surface area contributed by atoms with Gasteiger partial charge in [0, 0.05) is 17.7 Å². The van der Waals surface area contributed by atoms with Crippen molar-refractivity contribution in [1.29, 1.82) is 0 Å². The molecule has 1 aliphatic heterocycles. The van der Waals surface area contributed by atoms with E-state index in [2.05, 4.69) is 68.9 Å². The fourth-order valence-corrected chi connectivity index (χ4v) is 5.05. The molecule has 1 saturated carbocycles. The van der Waals surface area contributed by atoms with Crippen molar-refractivity contribution in [2.45, 2.75) is 70.3 Å². The van der Waals surface area contributed by atoms with Gasteiger partial charge >= 0.3 is 0 Å². The second-order valence-corrected chi connectivity index (χ2v) is 8.74. The lowest BCUT2D eigenvalue weighted by Gasteiger charge is -2.48. The Morgan fingerprint density at radius 2 is 1.76 bits per heavy atom. The molecule has 0 bridgehead atoms. The van der Waals surface area contributed by atoms with E-state index < -0.39 is 0 Å². The largest absolute Gasteiger partial charge is 0.486 e. The molecule has 2 aromatic rings. The number of ether oxygens (including phenoxy) is 1. The van der Waals surface area contributed by atoms with Gasteiger partial charge in [-0.2, -0.15) is 0 Å². The molecule has 132 valence electrons. The molecule has 1 aliphatic carbocycles. The summed E-state index contributed by atoms with van der Waals surface area (Å²) in [6.45, 7) is 7.00. The van der Waals surface area contributed by atoms with E-state index in [1.165, 1.54) is 54.5 Å². The van der Waals surface area contributed by atoms with E-state index in [4.69, 9.17) is 4.74 Å². The molecule has 2 heteroatoms. The standard InChI is InChI=1S/C23H30NO/c1-17-11-12-18-21(20(17)19-10-6-9-15-24(19)4)25-23(16-22(18,2)3)13-7-5-8-14-23/h6,9-12,15H,5,7-8,13-14,16H2,1-4H3/q+1. The zero-order valence-corrected chi connectivity index (χ0v) is 16.1. The van der Waals surface area contributed by atoms with Crippen LogP contribution < -0.4 is 9.30 Å². The minimum absolute atomic E-state index is 0.0324. The highest BCUT2D eigenvalue weighted by Crippen LogP contribution is 2.52. The summed E-state index contributed by atoms with van der Waals surface area (Å²) in [6.07, 6.45) is 9.60. The predicted molar refractivity (Wildman–Crippen MR) is 102 cm³/mol. The highest BCUT2D eigenvalue weighted by atomic mass is 16.5. The fourth-order valence-electron chi connectivity index (χ4n) is 5.05. The van der Waals surface area contributed by atoms with Gasteiger partial charge in [-0.3, -0.25) is 0 Å². The topological polar surface area (TPSA) is 13.1 Å². The molecule has 2 nitrogen and oxygen atoms in total. The van der Waals surface area contributed by atoms with E-state index in [-0.39, 0.29) is 11.0 Å². The first-order chi connectivity index (χ1) is 11.9. The molecule has 0 amide bonds. The maximum atomic E-state index is 6.90. The van der Waals surface area contributed by atoms with Gasteiger partial charge < -0.3 is 4.74 Å². The Bertz CT molecular complexity index is 800. The van der Waals surface area contributed by atoms with Gasteiger partial charge in [0.15, 0.2) is 6.20 Å². The number of aryl methyl sites for hydroxylation is 2. The first-order valence-electron chi connectivity index (χ1n) is 9.70. The van der Waals surface area contributed by atoms with Crippen molar-refractivity contribution in [2.75, 3.05) is 0 Å². The maximum Gasteiger partial charge on any atom is 0.216 e. The van der Waals surface area contributed by atoms with Crippen LogP contribution in [0.1, 0.15) is 63.5 Å². The minimum Gasteiger partial charge on any atom is -0.486 e. The smallest absolute Gasteiger partial charge is 0.216 e. The third-order valence-corrected chi connectivity index (χ3v) is 6.25. The van der Waals surface area contributed by atoms with E-state index in [9.17, 15) is 0 Å². The van der Waals surface area contributed by atoms with Crippen LogP contribution in [-0.2, 0) is 12.5 Å². The van der Waals surface area contributed by atoms with Crippen molar-refractivity contribution >= 4 is 0 Å². The van der Waals surface area contributed by atoms with E-state index >= 15 is 0 Å². The van der Waals surface area contributed by atoms with Crippen molar-refractivity contribution in [3.8, 4) is 17.0 Å². The summed E-state index contributed by atoms with van der Waals surface area (Å²) in [6, 6.07) is 11.0. The van der Waals surface area contributed by atoms with E-state index in [1.807, 2.05) is 0 Å². The van der Waals surface area contributed by atoms with Crippen LogP contribution in [0.25, 0.3) is 11.3 Å². The number of benzene rings is 1. The molecule has 0 atom stereocenters. The number of aromatic nitrogens is 1. The van der Waals surface area contributed by atoms with Crippen molar-refractivity contribution in [2.24, 2.45) is 7.05 Å². The van der Waals surface area contributed by atoms with Crippen LogP contribution in [0.2, 0.25) is 0 Å². The van der Waals surface area contributed by atoms with Crippen LogP contribution in [0, 0.1) is 6.92 Å². The summed E-state index contributed by atoms with van der Waals surface area (Å²) in [7, 11) is 2.12. The molecular weight excluding hydrogens is 306 g/mol. The van der Waals surface area contributed by atoms with Gasteiger partial charge in [0.1, 0.15) is 18.4 Å². The first kappa shape index (κ1) is 16.6. The second-order valence-electron chi connectivity index (χ2n) is 8.74. The van der Waals surface area contributed by atoms with Gasteiger partial charge in [0.2, 0.25) is 5.69 Å². The van der Waals surface area contributed by atoms with Gasteiger partial charge in [0.25, 0.3) is 0 Å². The lowest BCUT2D eigenvalue weighted by atomic mass is 9.67. The van der Waals surface area contributed by atoms with Crippen molar-refractivity contribution in [1.82, 2.24) is 0 Å². The van der Waals surface area contributed by atoms with Crippen LogP contribution in [0.5, 0.6) is 5.75 Å². The summed E-state index contributed by atoms with van der Waals surface area (Å²) in [5.41, 5.74) is 5.36. The van der Waals surface area contributed by atoms with E-state index in [1.54, 1.807) is 0 Å². The normalized spacial score (nSPS) is 20.8. The highest BCUT2D eigenvalue weighted by Gasteiger charge is 2.46. The Morgan fingerprint density at radius 3 is 2.48 bits per heavy atom. The Kier molecular flexibility index (Phi) is 3.90. The van der Waals surface area contributed by atoms with Gasteiger partial charge in [-0.05, 0) is 56.1 Å². The average Bonchev–Trinajstić information content (AvgIpc) is 2.55. The molecule has 0 saturated heterocycles. The quantitative estimate of drug-likeness (QED) is 0.648. The van der Waals surface area contributed by atoms with Crippen LogP contribution >= 0.6 is 0 Å². The number of pyridine rings is 1. The Balaban J connectivity index is 1.93. The summed E-state index contributed by atoms with van der Waals surface area (Å²) in [5, 5.41) is 0. The van der Waals surface area contributed by atoms with Crippen LogP contribution in [0.15, 0.2) is 36.5 Å². The summed E-state index contributed by atoms with van der Waals surface area (Å²) in [5.74, 6) is 1.14. The number of rotatable bonds is 1. The lowest BCUT2D eigenvalue weighted by molar-refractivity contribution is -0.660. The zero-order chi connectivity index (χ0) is 17.7. The van der Waals surface area contributed by atoms with Crippen LogP contribution in [0.3, 0.4) is 0 Å². The third-order valence-electron chi connectivity index (χ3n) is 6.25. The second kappa shape index (κ2) is 5.86. The first-order valence-corrected chi connectivity index (χ1v) is 9.70. The average molecular weight is 336 g/mol. The molecule has 4 rings (SSSR count). The Morgan fingerprint density at radius 1 is 1.00 bits per heavy atom. The molecular formula is C23H30NO+. The molecule has 1 spiro atoms. The molecule has 0 radical (unpaired) electrons. The fraction of sp³-hybridized carbons (Fsp3) is 0.522. The molecule has 2 heterocycles.